The lowest BCUT2D eigenvalue weighted by atomic mass is 10.1. The van der Waals surface area contributed by atoms with Gasteiger partial charge in [-0.1, -0.05) is 0 Å². The standard InChI is InChI=1S/C21H21F3N4O3S/c22-21(23,24)12-27(6-1-7-29)20(31)16-8-15(11-32-16)14-4-5-18-25-17(10-28(18)9-14)26-19(30)13-2-3-13/h4-5,8-11,13,29H,1-3,6-7,12H2,(H,26,30). The fourth-order valence-corrected chi connectivity index (χ4v) is 4.17. The van der Waals surface area contributed by atoms with E-state index in [1.54, 1.807) is 40.4 Å². The molecule has 0 atom stereocenters. The van der Waals surface area contributed by atoms with Crippen LogP contribution in [0.5, 0.6) is 0 Å². The molecule has 0 saturated heterocycles. The highest BCUT2D eigenvalue weighted by molar-refractivity contribution is 7.12. The smallest absolute Gasteiger partial charge is 0.396 e. The molecular weight excluding hydrogens is 445 g/mol. The van der Waals surface area contributed by atoms with Crippen molar-refractivity contribution < 1.29 is 27.9 Å². The Labute approximate surface area is 185 Å². The lowest BCUT2D eigenvalue weighted by Gasteiger charge is -2.23. The van der Waals surface area contributed by atoms with Crippen LogP contribution in [-0.2, 0) is 4.79 Å². The number of alkyl halides is 3. The summed E-state index contributed by atoms with van der Waals surface area (Å²) in [5.74, 6) is -0.252. The van der Waals surface area contributed by atoms with E-state index in [2.05, 4.69) is 10.3 Å². The third kappa shape index (κ3) is 5.28. The Kier molecular flexibility index (Phi) is 6.20. The van der Waals surface area contributed by atoms with E-state index in [1.807, 2.05) is 0 Å². The minimum absolute atomic E-state index is 0.0424. The summed E-state index contributed by atoms with van der Waals surface area (Å²) in [5.41, 5.74) is 2.07. The maximum Gasteiger partial charge on any atom is 0.406 e. The second kappa shape index (κ2) is 8.91. The van der Waals surface area contributed by atoms with E-state index in [0.29, 0.717) is 21.9 Å². The van der Waals surface area contributed by atoms with Crippen LogP contribution in [0.3, 0.4) is 0 Å². The third-order valence-corrected chi connectivity index (χ3v) is 5.96. The van der Waals surface area contributed by atoms with Gasteiger partial charge in [0.2, 0.25) is 5.91 Å². The van der Waals surface area contributed by atoms with E-state index >= 15 is 0 Å². The minimum atomic E-state index is -4.52. The molecule has 3 aromatic rings. The van der Waals surface area contributed by atoms with Gasteiger partial charge in [0.05, 0.1) is 11.1 Å². The average molecular weight is 466 g/mol. The van der Waals surface area contributed by atoms with Crippen LogP contribution < -0.4 is 5.32 Å². The summed E-state index contributed by atoms with van der Waals surface area (Å²) >= 11 is 1.07. The summed E-state index contributed by atoms with van der Waals surface area (Å²) in [7, 11) is 0. The molecule has 32 heavy (non-hydrogen) atoms. The molecule has 1 saturated carbocycles. The number of nitrogens with one attached hydrogen (secondary N) is 1. The molecule has 0 radical (unpaired) electrons. The molecule has 0 unspecified atom stereocenters. The number of pyridine rings is 1. The number of hydrogen-bond donors (Lipinski definition) is 2. The third-order valence-electron chi connectivity index (χ3n) is 5.04. The first-order chi connectivity index (χ1) is 15.2. The van der Waals surface area contributed by atoms with Crippen molar-refractivity contribution in [3.63, 3.8) is 0 Å². The van der Waals surface area contributed by atoms with Gasteiger partial charge in [0.25, 0.3) is 5.91 Å². The second-order valence-electron chi connectivity index (χ2n) is 7.69. The van der Waals surface area contributed by atoms with Crippen molar-refractivity contribution in [3.05, 3.63) is 40.8 Å². The molecule has 0 bridgehead atoms. The number of thiophene rings is 1. The summed E-state index contributed by atoms with van der Waals surface area (Å²) in [6.45, 7) is -1.85. The van der Waals surface area contributed by atoms with E-state index in [9.17, 15) is 22.8 Å². The Hall–Kier alpha value is -2.92. The number of aliphatic hydroxyl groups excluding tert-OH is 1. The second-order valence-corrected chi connectivity index (χ2v) is 8.60. The van der Waals surface area contributed by atoms with Gasteiger partial charge in [-0.2, -0.15) is 13.2 Å². The van der Waals surface area contributed by atoms with E-state index in [-0.39, 0.29) is 36.3 Å². The predicted octanol–water partition coefficient (Wildman–Crippen LogP) is 3.80. The average Bonchev–Trinajstić information content (AvgIpc) is 3.34. The molecule has 0 aromatic carbocycles. The summed E-state index contributed by atoms with van der Waals surface area (Å²) in [6.07, 6.45) is 0.801. The molecule has 1 aliphatic carbocycles. The van der Waals surface area contributed by atoms with Crippen molar-refractivity contribution in [1.29, 1.82) is 0 Å². The van der Waals surface area contributed by atoms with Crippen LogP contribution in [0.2, 0.25) is 0 Å². The molecule has 1 fully saturated rings. The van der Waals surface area contributed by atoms with E-state index in [0.717, 1.165) is 29.7 Å². The molecule has 0 spiro atoms. The molecule has 170 valence electrons. The number of fused-ring (bicyclic) bond motifs is 1. The van der Waals surface area contributed by atoms with E-state index in [4.69, 9.17) is 5.11 Å². The first kappa shape index (κ1) is 22.3. The van der Waals surface area contributed by atoms with Crippen LogP contribution in [0.25, 0.3) is 16.8 Å². The Morgan fingerprint density at radius 3 is 2.72 bits per heavy atom. The van der Waals surface area contributed by atoms with Gasteiger partial charge in [0.1, 0.15) is 12.2 Å². The number of nitrogens with zero attached hydrogens (tertiary/aromatic N) is 3. The van der Waals surface area contributed by atoms with Crippen LogP contribution in [0, 0.1) is 5.92 Å². The summed E-state index contributed by atoms with van der Waals surface area (Å²) < 4.78 is 40.3. The quantitative estimate of drug-likeness (QED) is 0.529. The normalized spacial score (nSPS) is 14.0. The largest absolute Gasteiger partial charge is 0.406 e. The van der Waals surface area contributed by atoms with Gasteiger partial charge in [-0.05, 0) is 54.0 Å². The number of hydrogen-bond acceptors (Lipinski definition) is 5. The highest BCUT2D eigenvalue weighted by Gasteiger charge is 2.33. The number of carbonyl (C=O) groups is 2. The van der Waals surface area contributed by atoms with Crippen molar-refractivity contribution in [1.82, 2.24) is 14.3 Å². The van der Waals surface area contributed by atoms with Crippen LogP contribution in [0.4, 0.5) is 19.0 Å². The number of carbonyl (C=O) groups excluding carboxylic acids is 2. The predicted molar refractivity (Wildman–Crippen MR) is 114 cm³/mol. The first-order valence-corrected chi connectivity index (χ1v) is 11.0. The Balaban J connectivity index is 1.52. The van der Waals surface area contributed by atoms with Gasteiger partial charge in [0, 0.05) is 25.3 Å². The number of aliphatic hydroxyl groups is 1. The van der Waals surface area contributed by atoms with Crippen molar-refractivity contribution >= 4 is 34.6 Å². The zero-order valence-electron chi connectivity index (χ0n) is 16.9. The van der Waals surface area contributed by atoms with Crippen molar-refractivity contribution in [3.8, 4) is 11.1 Å². The molecule has 0 aliphatic heterocycles. The molecule has 2 N–H and O–H groups in total. The number of halogens is 3. The van der Waals surface area contributed by atoms with Crippen molar-refractivity contribution in [2.75, 3.05) is 25.0 Å². The number of anilines is 1. The van der Waals surface area contributed by atoms with Crippen LogP contribution in [0.1, 0.15) is 28.9 Å². The number of aromatic nitrogens is 2. The fraction of sp³-hybridized carbons (Fsp3) is 0.381. The molecule has 7 nitrogen and oxygen atoms in total. The molecule has 3 heterocycles. The lowest BCUT2D eigenvalue weighted by molar-refractivity contribution is -0.141. The van der Waals surface area contributed by atoms with Gasteiger partial charge < -0.3 is 19.7 Å². The minimum Gasteiger partial charge on any atom is -0.396 e. The lowest BCUT2D eigenvalue weighted by Crippen LogP contribution is -2.39. The molecule has 3 aromatic heterocycles. The number of rotatable bonds is 8. The maximum atomic E-state index is 12.9. The van der Waals surface area contributed by atoms with Crippen LogP contribution in [-0.4, -0.2) is 57.1 Å². The SMILES string of the molecule is O=C(Nc1cn2cc(-c3csc(C(=O)N(CCCO)CC(F)(F)F)c3)ccc2n1)C1CC1. The van der Waals surface area contributed by atoms with Crippen LogP contribution >= 0.6 is 11.3 Å². The molecule has 4 rings (SSSR count). The van der Waals surface area contributed by atoms with Crippen LogP contribution in [0.15, 0.2) is 36.0 Å². The number of imidazole rings is 1. The van der Waals surface area contributed by atoms with Crippen molar-refractivity contribution in [2.45, 2.75) is 25.4 Å². The molecule has 2 amide bonds. The molecular formula is C21H21F3N4O3S. The Morgan fingerprint density at radius 1 is 1.25 bits per heavy atom. The van der Waals surface area contributed by atoms with Gasteiger partial charge >= 0.3 is 6.18 Å². The summed E-state index contributed by atoms with van der Waals surface area (Å²) in [4.78, 5) is 29.8. The topological polar surface area (TPSA) is 86.9 Å². The maximum absolute atomic E-state index is 12.9. The van der Waals surface area contributed by atoms with E-state index in [1.165, 1.54) is 0 Å². The fourth-order valence-electron chi connectivity index (χ4n) is 3.28. The van der Waals surface area contributed by atoms with E-state index < -0.39 is 18.6 Å². The highest BCUT2D eigenvalue weighted by Crippen LogP contribution is 2.31. The Bertz CT molecular complexity index is 1140. The highest BCUT2D eigenvalue weighted by atomic mass is 32.1. The monoisotopic (exact) mass is 466 g/mol. The van der Waals surface area contributed by atoms with Gasteiger partial charge in [-0.3, -0.25) is 9.59 Å². The van der Waals surface area contributed by atoms with Gasteiger partial charge in [-0.25, -0.2) is 4.98 Å². The zero-order valence-corrected chi connectivity index (χ0v) is 17.7. The summed E-state index contributed by atoms with van der Waals surface area (Å²) in [6, 6.07) is 5.12. The van der Waals surface area contributed by atoms with Gasteiger partial charge in [-0.15, -0.1) is 11.3 Å². The zero-order chi connectivity index (χ0) is 22.9. The molecule has 11 heteroatoms. The summed E-state index contributed by atoms with van der Waals surface area (Å²) in [5, 5.41) is 13.4. The first-order valence-electron chi connectivity index (χ1n) is 10.1. The van der Waals surface area contributed by atoms with Gasteiger partial charge in [0.15, 0.2) is 5.82 Å². The molecule has 1 aliphatic rings. The Morgan fingerprint density at radius 2 is 2.03 bits per heavy atom. The van der Waals surface area contributed by atoms with Crippen molar-refractivity contribution in [2.24, 2.45) is 5.92 Å². The number of amides is 2.